The molecule has 32 heavy (non-hydrogen) atoms. The van der Waals surface area contributed by atoms with E-state index in [0.29, 0.717) is 5.92 Å². The number of fused-ring (bicyclic) bond motifs is 4. The van der Waals surface area contributed by atoms with Crippen molar-refractivity contribution in [2.24, 2.45) is 5.92 Å². The smallest absolute Gasteiger partial charge is 0.106 e. The van der Waals surface area contributed by atoms with Crippen molar-refractivity contribution in [2.45, 2.75) is 37.3 Å². The predicted molar refractivity (Wildman–Crippen MR) is 134 cm³/mol. The number of anilines is 1. The second-order valence-electron chi connectivity index (χ2n) is 9.49. The highest BCUT2D eigenvalue weighted by atomic mass is 32.2. The van der Waals surface area contributed by atoms with Crippen LogP contribution >= 0.6 is 11.8 Å². The Labute approximate surface area is 193 Å². The number of rotatable bonds is 2. The number of aryl methyl sites for hydroxylation is 1. The van der Waals surface area contributed by atoms with Crippen LogP contribution < -0.4 is 5.32 Å². The summed E-state index contributed by atoms with van der Waals surface area (Å²) in [6.45, 7) is 7.02. The van der Waals surface area contributed by atoms with Crippen LogP contribution in [0.25, 0.3) is 16.9 Å². The quantitative estimate of drug-likeness (QED) is 0.366. The molecule has 0 spiro atoms. The molecule has 0 aliphatic carbocycles. The van der Waals surface area contributed by atoms with Crippen LogP contribution in [0.5, 0.6) is 0 Å². The van der Waals surface area contributed by atoms with Crippen LogP contribution in [0.15, 0.2) is 83.9 Å². The van der Waals surface area contributed by atoms with E-state index in [1.807, 2.05) is 11.8 Å². The molecular weight excluding hydrogens is 410 g/mol. The van der Waals surface area contributed by atoms with E-state index < -0.39 is 0 Å². The maximum atomic E-state index is 5.20. The van der Waals surface area contributed by atoms with Crippen LogP contribution in [-0.4, -0.2) is 15.5 Å². The van der Waals surface area contributed by atoms with Crippen molar-refractivity contribution in [3.63, 3.8) is 0 Å². The van der Waals surface area contributed by atoms with Crippen LogP contribution in [-0.2, 0) is 5.41 Å². The summed E-state index contributed by atoms with van der Waals surface area (Å²) in [4.78, 5) is 0. The number of benzene rings is 3. The minimum absolute atomic E-state index is 0.0742. The van der Waals surface area contributed by atoms with Crippen molar-refractivity contribution in [1.29, 1.82) is 0 Å². The van der Waals surface area contributed by atoms with Gasteiger partial charge in [-0.25, -0.2) is 4.68 Å². The molecule has 3 nitrogen and oxygen atoms in total. The molecule has 0 radical (unpaired) electrons. The number of hydrogen-bond acceptors (Lipinski definition) is 3. The zero-order chi connectivity index (χ0) is 21.9. The van der Waals surface area contributed by atoms with E-state index in [1.165, 1.54) is 33.0 Å². The molecule has 0 bridgehead atoms. The molecule has 4 heteroatoms. The lowest BCUT2D eigenvalue weighted by Crippen LogP contribution is -2.44. The molecule has 3 aromatic carbocycles. The summed E-state index contributed by atoms with van der Waals surface area (Å²) >= 11 is 1.95. The highest BCUT2D eigenvalue weighted by Crippen LogP contribution is 2.56. The SMILES string of the molecule is Cc1ccc2c(c1)C(C)(C)[C@@H]1CSc3c(c(-c4ccccc4)nn3-c3ccccc3)[C@@H]1N2. The minimum Gasteiger partial charge on any atom is -0.377 e. The molecule has 6 rings (SSSR count). The molecule has 1 aromatic heterocycles. The average molecular weight is 438 g/mol. The first-order valence-corrected chi connectivity index (χ1v) is 12.3. The maximum absolute atomic E-state index is 5.20. The zero-order valence-electron chi connectivity index (χ0n) is 18.7. The van der Waals surface area contributed by atoms with Gasteiger partial charge in [0, 0.05) is 28.5 Å². The van der Waals surface area contributed by atoms with Crippen LogP contribution in [0.4, 0.5) is 5.69 Å². The molecule has 0 saturated carbocycles. The predicted octanol–water partition coefficient (Wildman–Crippen LogP) is 7.01. The van der Waals surface area contributed by atoms with Crippen molar-refractivity contribution in [1.82, 2.24) is 9.78 Å². The van der Waals surface area contributed by atoms with E-state index in [0.717, 1.165) is 17.1 Å². The lowest BCUT2D eigenvalue weighted by Gasteiger charge is -2.48. The number of para-hydroxylation sites is 1. The number of nitrogens with zero attached hydrogens (tertiary/aromatic N) is 2. The monoisotopic (exact) mass is 437 g/mol. The van der Waals surface area contributed by atoms with Gasteiger partial charge in [0.25, 0.3) is 0 Å². The fraction of sp³-hybridized carbons (Fsp3) is 0.250. The second-order valence-corrected chi connectivity index (χ2v) is 10.5. The van der Waals surface area contributed by atoms with Crippen molar-refractivity contribution < 1.29 is 0 Å². The highest BCUT2D eigenvalue weighted by molar-refractivity contribution is 7.99. The average Bonchev–Trinajstić information content (AvgIpc) is 3.21. The number of thioether (sulfide) groups is 1. The Balaban J connectivity index is 1.58. The van der Waals surface area contributed by atoms with Crippen molar-refractivity contribution in [3.8, 4) is 16.9 Å². The number of aromatic nitrogens is 2. The molecule has 0 amide bonds. The Morgan fingerprint density at radius 2 is 1.69 bits per heavy atom. The molecule has 1 N–H and O–H groups in total. The molecule has 2 aliphatic rings. The minimum atomic E-state index is 0.0742. The normalized spacial score (nSPS) is 20.6. The van der Waals surface area contributed by atoms with Crippen LogP contribution in [0.2, 0.25) is 0 Å². The van der Waals surface area contributed by atoms with Crippen molar-refractivity contribution >= 4 is 17.4 Å². The molecular formula is C28H27N3S. The molecule has 0 saturated heterocycles. The van der Waals surface area contributed by atoms with E-state index >= 15 is 0 Å². The first-order chi connectivity index (χ1) is 15.5. The summed E-state index contributed by atoms with van der Waals surface area (Å²) < 4.78 is 2.15. The van der Waals surface area contributed by atoms with Gasteiger partial charge in [-0.3, -0.25) is 0 Å². The fourth-order valence-corrected chi connectivity index (χ4v) is 6.93. The Morgan fingerprint density at radius 1 is 0.969 bits per heavy atom. The summed E-state index contributed by atoms with van der Waals surface area (Å²) in [5, 5.41) is 10.4. The third-order valence-corrected chi connectivity index (χ3v) is 8.34. The van der Waals surface area contributed by atoms with Crippen LogP contribution in [0, 0.1) is 12.8 Å². The summed E-state index contributed by atoms with van der Waals surface area (Å²) in [5.74, 6) is 1.54. The Morgan fingerprint density at radius 3 is 2.44 bits per heavy atom. The third kappa shape index (κ3) is 2.93. The van der Waals surface area contributed by atoms with Gasteiger partial charge in [-0.2, -0.15) is 5.10 Å². The standard InChI is InChI=1S/C28H27N3S/c1-18-14-15-23-21(16-18)28(2,3)22-17-32-27-24(26(22)29-23)25(19-10-6-4-7-11-19)30-31(27)20-12-8-5-9-13-20/h4-16,22,26,29H,17H2,1-3H3/t22-,26-/m1/s1. The van der Waals surface area contributed by atoms with Gasteiger partial charge in [0.05, 0.1) is 17.4 Å². The Bertz CT molecular complexity index is 1290. The Kier molecular flexibility index (Phi) is 4.48. The molecule has 160 valence electrons. The van der Waals surface area contributed by atoms with Gasteiger partial charge in [0.1, 0.15) is 5.03 Å². The lowest BCUT2D eigenvalue weighted by atomic mass is 9.66. The first-order valence-electron chi connectivity index (χ1n) is 11.3. The van der Waals surface area contributed by atoms with Gasteiger partial charge in [0.15, 0.2) is 0 Å². The van der Waals surface area contributed by atoms with E-state index in [9.17, 15) is 0 Å². The molecule has 2 aliphatic heterocycles. The molecule has 2 atom stereocenters. The van der Waals surface area contributed by atoms with E-state index in [2.05, 4.69) is 110 Å². The second kappa shape index (κ2) is 7.28. The zero-order valence-corrected chi connectivity index (χ0v) is 19.5. The fourth-order valence-electron chi connectivity index (χ4n) is 5.34. The van der Waals surface area contributed by atoms with E-state index in [-0.39, 0.29) is 11.5 Å². The summed E-state index contributed by atoms with van der Waals surface area (Å²) in [6, 6.07) is 28.2. The Hall–Kier alpha value is -2.98. The summed E-state index contributed by atoms with van der Waals surface area (Å²) in [6.07, 6.45) is 0. The first kappa shape index (κ1) is 19.7. The number of nitrogens with one attached hydrogen (secondary N) is 1. The van der Waals surface area contributed by atoms with E-state index in [4.69, 9.17) is 5.10 Å². The number of hydrogen-bond donors (Lipinski definition) is 1. The van der Waals surface area contributed by atoms with Crippen molar-refractivity contribution in [3.05, 3.63) is 95.6 Å². The summed E-state index contributed by atoms with van der Waals surface area (Å²) in [5.41, 5.74) is 8.79. The highest BCUT2D eigenvalue weighted by Gasteiger charge is 2.48. The maximum Gasteiger partial charge on any atom is 0.106 e. The topological polar surface area (TPSA) is 29.9 Å². The van der Waals surface area contributed by atoms with Crippen LogP contribution in [0.1, 0.15) is 36.6 Å². The summed E-state index contributed by atoms with van der Waals surface area (Å²) in [7, 11) is 0. The largest absolute Gasteiger partial charge is 0.377 e. The third-order valence-electron chi connectivity index (χ3n) is 7.15. The lowest BCUT2D eigenvalue weighted by molar-refractivity contribution is 0.293. The molecule has 0 unspecified atom stereocenters. The van der Waals surface area contributed by atoms with Gasteiger partial charge in [-0.15, -0.1) is 11.8 Å². The molecule has 4 aromatic rings. The van der Waals surface area contributed by atoms with Crippen LogP contribution in [0.3, 0.4) is 0 Å². The molecule has 3 heterocycles. The van der Waals surface area contributed by atoms with E-state index in [1.54, 1.807) is 0 Å². The molecule has 0 fully saturated rings. The van der Waals surface area contributed by atoms with Crippen molar-refractivity contribution in [2.75, 3.05) is 11.1 Å². The van der Waals surface area contributed by atoms with Gasteiger partial charge in [0.2, 0.25) is 0 Å². The van der Waals surface area contributed by atoms with Gasteiger partial charge in [-0.05, 0) is 36.1 Å². The van der Waals surface area contributed by atoms with Gasteiger partial charge < -0.3 is 5.32 Å². The van der Waals surface area contributed by atoms with Gasteiger partial charge >= 0.3 is 0 Å². The van der Waals surface area contributed by atoms with Gasteiger partial charge in [-0.1, -0.05) is 80.1 Å².